The quantitative estimate of drug-likeness (QED) is 0.588. The van der Waals surface area contributed by atoms with Crippen molar-refractivity contribution in [2.45, 2.75) is 51.3 Å². The SMILES string of the molecule is COCCN1CCC(n2c(=O)c(C(C)=O)c(C)c3cnc(N[C@@H]4CCOC[C@H]4O)nc32)CC1. The number of likely N-dealkylation sites (tertiary alicyclic amines) is 1. The second kappa shape index (κ2) is 10.3. The number of methoxy groups -OCH3 is 1. The zero-order valence-corrected chi connectivity index (χ0v) is 19.5. The molecule has 0 aromatic carbocycles. The molecule has 2 saturated heterocycles. The maximum absolute atomic E-state index is 13.5. The van der Waals surface area contributed by atoms with Gasteiger partial charge in [0, 0.05) is 51.0 Å². The number of fused-ring (bicyclic) bond motifs is 1. The van der Waals surface area contributed by atoms with Crippen molar-refractivity contribution in [3.8, 4) is 0 Å². The van der Waals surface area contributed by atoms with E-state index in [4.69, 9.17) is 14.5 Å². The molecule has 0 amide bonds. The van der Waals surface area contributed by atoms with E-state index in [1.54, 1.807) is 24.8 Å². The number of nitrogens with one attached hydrogen (secondary N) is 1. The molecule has 0 saturated carbocycles. The molecule has 4 heterocycles. The van der Waals surface area contributed by atoms with Crippen LogP contribution in [0.3, 0.4) is 0 Å². The molecular formula is C23H33N5O5. The summed E-state index contributed by atoms with van der Waals surface area (Å²) in [7, 11) is 1.69. The minimum Gasteiger partial charge on any atom is -0.389 e. The predicted molar refractivity (Wildman–Crippen MR) is 124 cm³/mol. The Hall–Kier alpha value is -2.40. The highest BCUT2D eigenvalue weighted by Gasteiger charge is 2.28. The Kier molecular flexibility index (Phi) is 7.38. The summed E-state index contributed by atoms with van der Waals surface area (Å²) in [5, 5.41) is 14.1. The highest BCUT2D eigenvalue weighted by molar-refractivity contribution is 5.99. The number of ketones is 1. The molecule has 2 N–H and O–H groups in total. The number of hydrogen-bond acceptors (Lipinski definition) is 9. The van der Waals surface area contributed by atoms with Gasteiger partial charge in [-0.15, -0.1) is 0 Å². The fraction of sp³-hybridized carbons (Fsp3) is 0.652. The van der Waals surface area contributed by atoms with Crippen molar-refractivity contribution in [1.29, 1.82) is 0 Å². The third-order valence-electron chi connectivity index (χ3n) is 6.74. The van der Waals surface area contributed by atoms with Crippen LogP contribution in [0.1, 0.15) is 48.1 Å². The number of aromatic nitrogens is 3. The van der Waals surface area contributed by atoms with Gasteiger partial charge in [0.1, 0.15) is 5.65 Å². The van der Waals surface area contributed by atoms with E-state index < -0.39 is 6.10 Å². The number of rotatable bonds is 7. The molecule has 10 nitrogen and oxygen atoms in total. The number of hydrogen-bond donors (Lipinski definition) is 2. The average Bonchev–Trinajstić information content (AvgIpc) is 2.80. The lowest BCUT2D eigenvalue weighted by Crippen LogP contribution is -2.42. The summed E-state index contributed by atoms with van der Waals surface area (Å²) >= 11 is 0. The maximum atomic E-state index is 13.5. The number of aliphatic hydroxyl groups is 1. The summed E-state index contributed by atoms with van der Waals surface area (Å²) in [4.78, 5) is 37.4. The molecule has 33 heavy (non-hydrogen) atoms. The summed E-state index contributed by atoms with van der Waals surface area (Å²) in [6.07, 6.45) is 3.22. The fourth-order valence-electron chi connectivity index (χ4n) is 4.83. The summed E-state index contributed by atoms with van der Waals surface area (Å²) in [6.45, 7) is 7.23. The van der Waals surface area contributed by atoms with Crippen LogP contribution in [0, 0.1) is 6.92 Å². The summed E-state index contributed by atoms with van der Waals surface area (Å²) in [6, 6.07) is -0.285. The van der Waals surface area contributed by atoms with E-state index in [0.717, 1.165) is 32.5 Å². The van der Waals surface area contributed by atoms with Gasteiger partial charge in [-0.2, -0.15) is 4.98 Å². The Balaban J connectivity index is 1.72. The number of piperidine rings is 1. The van der Waals surface area contributed by atoms with Crippen molar-refractivity contribution >= 4 is 22.8 Å². The molecule has 2 aromatic rings. The highest BCUT2D eigenvalue weighted by Crippen LogP contribution is 2.27. The second-order valence-corrected chi connectivity index (χ2v) is 8.91. The van der Waals surface area contributed by atoms with Gasteiger partial charge in [0.25, 0.3) is 5.56 Å². The molecule has 2 fully saturated rings. The third kappa shape index (κ3) is 4.93. The van der Waals surface area contributed by atoms with E-state index in [1.807, 2.05) is 0 Å². The lowest BCUT2D eigenvalue weighted by atomic mass is 10.0. The monoisotopic (exact) mass is 459 g/mol. The average molecular weight is 460 g/mol. The zero-order chi connectivity index (χ0) is 23.5. The van der Waals surface area contributed by atoms with E-state index in [9.17, 15) is 14.7 Å². The molecule has 0 bridgehead atoms. The molecule has 10 heteroatoms. The molecule has 2 aromatic heterocycles. The van der Waals surface area contributed by atoms with Crippen LogP contribution in [0.15, 0.2) is 11.0 Å². The summed E-state index contributed by atoms with van der Waals surface area (Å²) in [5.41, 5.74) is 1.04. The van der Waals surface area contributed by atoms with Crippen molar-refractivity contribution < 1.29 is 19.4 Å². The molecule has 2 atom stereocenters. The molecule has 0 unspecified atom stereocenters. The molecule has 2 aliphatic rings. The van der Waals surface area contributed by atoms with E-state index in [-0.39, 0.29) is 35.6 Å². The zero-order valence-electron chi connectivity index (χ0n) is 19.5. The number of pyridine rings is 1. The number of Topliss-reactive ketones (excluding diaryl/α,β-unsaturated/α-hetero) is 1. The Morgan fingerprint density at radius 3 is 2.76 bits per heavy atom. The van der Waals surface area contributed by atoms with E-state index in [2.05, 4.69) is 15.2 Å². The van der Waals surface area contributed by atoms with Crippen molar-refractivity contribution in [3.05, 3.63) is 27.7 Å². The Bertz CT molecular complexity index is 1060. The molecule has 0 aliphatic carbocycles. The van der Waals surface area contributed by atoms with E-state index in [0.29, 0.717) is 42.2 Å². The fourth-order valence-corrected chi connectivity index (χ4v) is 4.83. The predicted octanol–water partition coefficient (Wildman–Crippen LogP) is 1.15. The smallest absolute Gasteiger partial charge is 0.263 e. The number of anilines is 1. The lowest BCUT2D eigenvalue weighted by molar-refractivity contribution is -0.0136. The van der Waals surface area contributed by atoms with Crippen LogP contribution in [0.5, 0.6) is 0 Å². The van der Waals surface area contributed by atoms with Crippen LogP contribution in [0.25, 0.3) is 11.0 Å². The van der Waals surface area contributed by atoms with Crippen molar-refractivity contribution in [2.24, 2.45) is 0 Å². The van der Waals surface area contributed by atoms with Crippen molar-refractivity contribution in [3.63, 3.8) is 0 Å². The Morgan fingerprint density at radius 1 is 1.33 bits per heavy atom. The number of carbonyl (C=O) groups excluding carboxylic acids is 1. The third-order valence-corrected chi connectivity index (χ3v) is 6.74. The van der Waals surface area contributed by atoms with Crippen LogP contribution in [0.4, 0.5) is 5.95 Å². The molecule has 0 spiro atoms. The molecule has 0 radical (unpaired) electrons. The van der Waals surface area contributed by atoms with Gasteiger partial charge in [-0.05, 0) is 38.7 Å². The molecule has 2 aliphatic heterocycles. The minimum absolute atomic E-state index is 0.0612. The van der Waals surface area contributed by atoms with Gasteiger partial charge in [-0.1, -0.05) is 0 Å². The first-order valence-corrected chi connectivity index (χ1v) is 11.6. The number of nitrogens with zero attached hydrogens (tertiary/aromatic N) is 4. The number of ether oxygens (including phenoxy) is 2. The summed E-state index contributed by atoms with van der Waals surface area (Å²) < 4.78 is 12.2. The standard InChI is InChI=1S/C23H33N5O5/c1-14-17-12-24-23(25-18-6-10-33-13-19(18)30)26-21(17)28(22(31)20(14)15(2)29)16-4-7-27(8-5-16)9-11-32-3/h12,16,18-19,30H,4-11,13H2,1-3H3,(H,24,25,26)/t18-,19-/m1/s1. The Morgan fingerprint density at radius 2 is 2.09 bits per heavy atom. The van der Waals surface area contributed by atoms with Crippen molar-refractivity contribution in [2.75, 3.05) is 51.9 Å². The van der Waals surface area contributed by atoms with Gasteiger partial charge in [0.05, 0.1) is 30.9 Å². The van der Waals surface area contributed by atoms with Gasteiger partial charge in [-0.25, -0.2) is 4.98 Å². The molecule has 4 rings (SSSR count). The first-order chi connectivity index (χ1) is 15.9. The molecular weight excluding hydrogens is 426 g/mol. The lowest BCUT2D eigenvalue weighted by Gasteiger charge is -2.33. The Labute approximate surface area is 192 Å². The maximum Gasteiger partial charge on any atom is 0.263 e. The van der Waals surface area contributed by atoms with Gasteiger partial charge in [-0.3, -0.25) is 14.2 Å². The first-order valence-electron chi connectivity index (χ1n) is 11.6. The normalized spacial score (nSPS) is 22.5. The first kappa shape index (κ1) is 23.7. The highest BCUT2D eigenvalue weighted by atomic mass is 16.5. The van der Waals surface area contributed by atoms with Crippen molar-refractivity contribution in [1.82, 2.24) is 19.4 Å². The van der Waals surface area contributed by atoms with Crippen LogP contribution in [-0.2, 0) is 9.47 Å². The van der Waals surface area contributed by atoms with Gasteiger partial charge in [0.2, 0.25) is 5.95 Å². The summed E-state index contributed by atoms with van der Waals surface area (Å²) in [5.74, 6) is 0.104. The molecule has 180 valence electrons. The van der Waals surface area contributed by atoms with Crippen LogP contribution >= 0.6 is 0 Å². The van der Waals surface area contributed by atoms with E-state index >= 15 is 0 Å². The van der Waals surface area contributed by atoms with Gasteiger partial charge in [0.15, 0.2) is 5.78 Å². The largest absolute Gasteiger partial charge is 0.389 e. The number of carbonyl (C=O) groups is 1. The van der Waals surface area contributed by atoms with Crippen LogP contribution in [0.2, 0.25) is 0 Å². The van der Waals surface area contributed by atoms with Crippen LogP contribution in [-0.4, -0.2) is 89.0 Å². The van der Waals surface area contributed by atoms with Gasteiger partial charge < -0.3 is 24.8 Å². The van der Waals surface area contributed by atoms with E-state index in [1.165, 1.54) is 6.92 Å². The second-order valence-electron chi connectivity index (χ2n) is 8.91. The number of aliphatic hydroxyl groups excluding tert-OH is 1. The minimum atomic E-state index is -0.654. The van der Waals surface area contributed by atoms with Crippen LogP contribution < -0.4 is 10.9 Å². The number of aryl methyl sites for hydroxylation is 1. The topological polar surface area (TPSA) is 119 Å². The van der Waals surface area contributed by atoms with Gasteiger partial charge >= 0.3 is 0 Å².